The molecule has 0 atom stereocenters. The third kappa shape index (κ3) is 6.55. The van der Waals surface area contributed by atoms with E-state index >= 15 is 0 Å². The minimum atomic E-state index is 0.539. The second-order valence-corrected chi connectivity index (χ2v) is 6.98. The minimum absolute atomic E-state index is 0.539. The molecule has 0 saturated heterocycles. The zero-order chi connectivity index (χ0) is 20.5. The van der Waals surface area contributed by atoms with Gasteiger partial charge in [-0.25, -0.2) is 9.98 Å². The number of hydrogen-bond donors (Lipinski definition) is 2. The summed E-state index contributed by atoms with van der Waals surface area (Å²) >= 11 is 0. The van der Waals surface area contributed by atoms with E-state index in [2.05, 4.69) is 20.6 Å². The van der Waals surface area contributed by atoms with Gasteiger partial charge in [0.25, 0.3) is 0 Å². The van der Waals surface area contributed by atoms with E-state index in [1.54, 1.807) is 20.4 Å². The Bertz CT molecular complexity index is 821. The molecule has 0 radical (unpaired) electrons. The summed E-state index contributed by atoms with van der Waals surface area (Å²) in [6.07, 6.45) is 4.30. The molecule has 156 valence electrons. The largest absolute Gasteiger partial charge is 0.497 e. The van der Waals surface area contributed by atoms with Crippen molar-refractivity contribution < 1.29 is 14.2 Å². The van der Waals surface area contributed by atoms with E-state index in [1.165, 1.54) is 12.8 Å². The molecule has 0 unspecified atom stereocenters. The summed E-state index contributed by atoms with van der Waals surface area (Å²) in [6, 6.07) is 9.71. The van der Waals surface area contributed by atoms with Gasteiger partial charge < -0.3 is 24.8 Å². The molecule has 7 heteroatoms. The van der Waals surface area contributed by atoms with Gasteiger partial charge in [-0.1, -0.05) is 0 Å². The van der Waals surface area contributed by atoms with Crippen molar-refractivity contribution in [2.24, 2.45) is 10.9 Å². The quantitative estimate of drug-likeness (QED) is 0.473. The lowest BCUT2D eigenvalue weighted by Gasteiger charge is -2.14. The fraction of sp³-hybridized carbons (Fsp3) is 0.455. The molecule has 7 nitrogen and oxygen atoms in total. The van der Waals surface area contributed by atoms with Crippen molar-refractivity contribution >= 4 is 5.96 Å². The van der Waals surface area contributed by atoms with Gasteiger partial charge in [0.1, 0.15) is 11.5 Å². The van der Waals surface area contributed by atoms with Crippen LogP contribution >= 0.6 is 0 Å². The smallest absolute Gasteiger partial charge is 0.213 e. The number of ether oxygens (including phenoxy) is 3. The number of hydrogen-bond acceptors (Lipinski definition) is 5. The van der Waals surface area contributed by atoms with Crippen LogP contribution < -0.4 is 24.8 Å². The molecular formula is C22H30N4O3. The number of rotatable bonds is 10. The first kappa shape index (κ1) is 20.8. The van der Waals surface area contributed by atoms with Crippen LogP contribution in [0.15, 0.2) is 41.5 Å². The predicted octanol–water partition coefficient (Wildman–Crippen LogP) is 3.14. The first-order valence-corrected chi connectivity index (χ1v) is 10.0. The van der Waals surface area contributed by atoms with Crippen molar-refractivity contribution in [2.75, 3.05) is 27.4 Å². The van der Waals surface area contributed by atoms with E-state index in [0.29, 0.717) is 24.9 Å². The highest BCUT2D eigenvalue weighted by Gasteiger charge is 2.22. The molecule has 1 aromatic carbocycles. The van der Waals surface area contributed by atoms with E-state index in [4.69, 9.17) is 14.2 Å². The van der Waals surface area contributed by atoms with Gasteiger partial charge in [-0.2, -0.15) is 0 Å². The van der Waals surface area contributed by atoms with Gasteiger partial charge in [0.05, 0.1) is 27.4 Å². The molecule has 1 fully saturated rings. The molecule has 0 amide bonds. The Balaban J connectivity index is 1.60. The molecule has 3 rings (SSSR count). The van der Waals surface area contributed by atoms with Crippen LogP contribution in [0.2, 0.25) is 0 Å². The fourth-order valence-electron chi connectivity index (χ4n) is 2.80. The molecular weight excluding hydrogens is 368 g/mol. The second kappa shape index (κ2) is 10.5. The number of methoxy groups -OCH3 is 2. The van der Waals surface area contributed by atoms with E-state index in [0.717, 1.165) is 41.7 Å². The SMILES string of the molecule is CCNC(=NCc1ccnc(OCC2CC2)c1)NCc1ccc(OC)cc1OC. The molecule has 2 N–H and O–H groups in total. The van der Waals surface area contributed by atoms with Crippen molar-refractivity contribution in [3.8, 4) is 17.4 Å². The molecule has 29 heavy (non-hydrogen) atoms. The summed E-state index contributed by atoms with van der Waals surface area (Å²) in [4.78, 5) is 8.97. The number of benzene rings is 1. The summed E-state index contributed by atoms with van der Waals surface area (Å²) in [5.41, 5.74) is 2.09. The predicted molar refractivity (Wildman–Crippen MR) is 114 cm³/mol. The van der Waals surface area contributed by atoms with Crippen LogP contribution in [-0.2, 0) is 13.1 Å². The fourth-order valence-corrected chi connectivity index (χ4v) is 2.80. The number of nitrogens with zero attached hydrogens (tertiary/aromatic N) is 2. The zero-order valence-electron chi connectivity index (χ0n) is 17.4. The summed E-state index contributed by atoms with van der Waals surface area (Å²) in [5.74, 6) is 3.66. The maximum Gasteiger partial charge on any atom is 0.213 e. The van der Waals surface area contributed by atoms with Crippen LogP contribution in [0, 0.1) is 5.92 Å². The maximum absolute atomic E-state index is 5.76. The standard InChI is InChI=1S/C22H30N4O3/c1-4-23-22(26-14-18-7-8-19(27-2)12-20(18)28-3)25-13-17-9-10-24-21(11-17)29-15-16-5-6-16/h7-12,16H,4-6,13-15H2,1-3H3,(H2,23,25,26). The Morgan fingerprint density at radius 1 is 1.14 bits per heavy atom. The van der Waals surface area contributed by atoms with Crippen LogP contribution in [0.3, 0.4) is 0 Å². The topological polar surface area (TPSA) is 77.0 Å². The second-order valence-electron chi connectivity index (χ2n) is 6.98. The summed E-state index contributed by atoms with van der Waals surface area (Å²) < 4.78 is 16.5. The van der Waals surface area contributed by atoms with E-state index in [9.17, 15) is 0 Å². The van der Waals surface area contributed by atoms with Gasteiger partial charge in [0.2, 0.25) is 5.88 Å². The summed E-state index contributed by atoms with van der Waals surface area (Å²) in [5, 5.41) is 6.63. The monoisotopic (exact) mass is 398 g/mol. The molecule has 1 saturated carbocycles. The van der Waals surface area contributed by atoms with Gasteiger partial charge in [-0.05, 0) is 49.4 Å². The number of pyridine rings is 1. The Hall–Kier alpha value is -2.96. The first-order valence-electron chi connectivity index (χ1n) is 10.0. The molecule has 2 aromatic rings. The highest BCUT2D eigenvalue weighted by molar-refractivity contribution is 5.79. The average Bonchev–Trinajstić information content (AvgIpc) is 3.59. The maximum atomic E-state index is 5.76. The molecule has 1 aliphatic rings. The van der Waals surface area contributed by atoms with Crippen molar-refractivity contribution in [2.45, 2.75) is 32.9 Å². The van der Waals surface area contributed by atoms with Crippen LogP contribution in [0.25, 0.3) is 0 Å². The normalized spacial score (nSPS) is 13.7. The van der Waals surface area contributed by atoms with Gasteiger partial charge >= 0.3 is 0 Å². The highest BCUT2D eigenvalue weighted by Crippen LogP contribution is 2.29. The van der Waals surface area contributed by atoms with Crippen molar-refractivity contribution in [1.29, 1.82) is 0 Å². The highest BCUT2D eigenvalue weighted by atomic mass is 16.5. The van der Waals surface area contributed by atoms with Crippen molar-refractivity contribution in [3.05, 3.63) is 47.7 Å². The Morgan fingerprint density at radius 3 is 2.72 bits per heavy atom. The molecule has 0 bridgehead atoms. The van der Waals surface area contributed by atoms with Crippen LogP contribution in [0.5, 0.6) is 17.4 Å². The third-order valence-corrected chi connectivity index (χ3v) is 4.67. The number of nitrogens with one attached hydrogen (secondary N) is 2. The molecule has 0 aliphatic heterocycles. The Morgan fingerprint density at radius 2 is 2.00 bits per heavy atom. The van der Waals surface area contributed by atoms with E-state index in [1.807, 2.05) is 37.3 Å². The lowest BCUT2D eigenvalue weighted by atomic mass is 10.2. The molecule has 1 aromatic heterocycles. The van der Waals surface area contributed by atoms with Crippen LogP contribution in [0.1, 0.15) is 30.9 Å². The lowest BCUT2D eigenvalue weighted by molar-refractivity contribution is 0.288. The Labute approximate surface area is 172 Å². The Kier molecular flexibility index (Phi) is 7.55. The van der Waals surface area contributed by atoms with E-state index < -0.39 is 0 Å². The minimum Gasteiger partial charge on any atom is -0.497 e. The third-order valence-electron chi connectivity index (χ3n) is 4.67. The van der Waals surface area contributed by atoms with Crippen LogP contribution in [0.4, 0.5) is 0 Å². The number of aliphatic imine (C=N–C) groups is 1. The molecule has 1 aliphatic carbocycles. The molecule has 1 heterocycles. The number of aromatic nitrogens is 1. The van der Waals surface area contributed by atoms with Gasteiger partial charge in [-0.3, -0.25) is 0 Å². The average molecular weight is 399 g/mol. The van der Waals surface area contributed by atoms with E-state index in [-0.39, 0.29) is 0 Å². The van der Waals surface area contributed by atoms with Crippen molar-refractivity contribution in [1.82, 2.24) is 15.6 Å². The van der Waals surface area contributed by atoms with Gasteiger partial charge in [0, 0.05) is 37.0 Å². The zero-order valence-corrected chi connectivity index (χ0v) is 17.4. The van der Waals surface area contributed by atoms with Gasteiger partial charge in [0.15, 0.2) is 5.96 Å². The van der Waals surface area contributed by atoms with Crippen LogP contribution in [-0.4, -0.2) is 38.3 Å². The lowest BCUT2D eigenvalue weighted by Crippen LogP contribution is -2.36. The first-order chi connectivity index (χ1) is 14.2. The summed E-state index contributed by atoms with van der Waals surface area (Å²) in [7, 11) is 3.30. The van der Waals surface area contributed by atoms with Gasteiger partial charge in [-0.15, -0.1) is 0 Å². The molecule has 0 spiro atoms. The summed E-state index contributed by atoms with van der Waals surface area (Å²) in [6.45, 7) is 4.70. The number of guanidine groups is 1. The van der Waals surface area contributed by atoms with Crippen molar-refractivity contribution in [3.63, 3.8) is 0 Å².